The van der Waals surface area contributed by atoms with Gasteiger partial charge in [-0.25, -0.2) is 4.98 Å². The summed E-state index contributed by atoms with van der Waals surface area (Å²) in [6.07, 6.45) is 0. The molecule has 0 saturated heterocycles. The van der Waals surface area contributed by atoms with Gasteiger partial charge in [0, 0.05) is 11.6 Å². The maximum atomic E-state index is 5.60. The summed E-state index contributed by atoms with van der Waals surface area (Å²) in [7, 11) is 0. The maximum Gasteiger partial charge on any atom is 0.131 e. The molecule has 0 amide bonds. The lowest BCUT2D eigenvalue weighted by atomic mass is 10.1. The normalized spacial score (nSPS) is 13.0. The Kier molecular flexibility index (Phi) is 2.31. The molecule has 4 heteroatoms. The van der Waals surface area contributed by atoms with Gasteiger partial charge in [-0.05, 0) is 13.0 Å². The molecular weight excluding hydrogens is 162 g/mol. The second kappa shape index (κ2) is 3.07. The van der Waals surface area contributed by atoms with E-state index >= 15 is 0 Å². The molecule has 1 rings (SSSR count). The van der Waals surface area contributed by atoms with Crippen LogP contribution in [0.1, 0.15) is 18.5 Å². The van der Waals surface area contributed by atoms with Gasteiger partial charge in [-0.1, -0.05) is 17.7 Å². The van der Waals surface area contributed by atoms with Gasteiger partial charge in [0.05, 0.1) is 0 Å². The van der Waals surface area contributed by atoms with E-state index in [0.29, 0.717) is 11.0 Å². The molecule has 4 N–H and O–H groups in total. The summed E-state index contributed by atoms with van der Waals surface area (Å²) in [6.45, 7) is 1.85. The number of halogens is 1. The van der Waals surface area contributed by atoms with E-state index in [0.717, 1.165) is 5.56 Å². The van der Waals surface area contributed by atoms with Crippen LogP contribution in [0.4, 0.5) is 5.82 Å². The average Bonchev–Trinajstić information content (AvgIpc) is 1.85. The molecule has 0 aliphatic carbocycles. The van der Waals surface area contributed by atoms with Gasteiger partial charge in [0.25, 0.3) is 0 Å². The van der Waals surface area contributed by atoms with E-state index in [1.165, 1.54) is 0 Å². The Bertz CT molecular complexity index is 260. The molecular formula is C7H10ClN3. The number of aromatic nitrogens is 1. The Hall–Kier alpha value is -0.800. The van der Waals surface area contributed by atoms with Crippen LogP contribution in [0.2, 0.25) is 5.15 Å². The second-order valence-electron chi connectivity index (χ2n) is 2.40. The molecule has 1 atom stereocenters. The Morgan fingerprint density at radius 3 is 2.64 bits per heavy atom. The summed E-state index contributed by atoms with van der Waals surface area (Å²) in [5, 5.41) is 0.395. The number of hydrogen-bond acceptors (Lipinski definition) is 3. The molecule has 60 valence electrons. The average molecular weight is 172 g/mol. The number of anilines is 1. The van der Waals surface area contributed by atoms with Gasteiger partial charge in [-0.3, -0.25) is 0 Å². The Morgan fingerprint density at radius 1 is 1.55 bits per heavy atom. The van der Waals surface area contributed by atoms with E-state index < -0.39 is 0 Å². The third-order valence-corrected chi connectivity index (χ3v) is 1.62. The molecule has 0 bridgehead atoms. The monoisotopic (exact) mass is 171 g/mol. The van der Waals surface area contributed by atoms with Crippen molar-refractivity contribution in [2.75, 3.05) is 5.73 Å². The molecule has 3 nitrogen and oxygen atoms in total. The highest BCUT2D eigenvalue weighted by molar-refractivity contribution is 6.29. The van der Waals surface area contributed by atoms with Gasteiger partial charge in [0.2, 0.25) is 0 Å². The Labute approximate surface area is 70.4 Å². The van der Waals surface area contributed by atoms with Gasteiger partial charge in [0.1, 0.15) is 11.0 Å². The third kappa shape index (κ3) is 1.82. The van der Waals surface area contributed by atoms with Crippen molar-refractivity contribution in [2.24, 2.45) is 5.73 Å². The van der Waals surface area contributed by atoms with Gasteiger partial charge in [-0.15, -0.1) is 0 Å². The molecule has 0 aromatic carbocycles. The molecule has 0 spiro atoms. The van der Waals surface area contributed by atoms with E-state index in [1.807, 2.05) is 6.92 Å². The predicted molar refractivity (Wildman–Crippen MR) is 46.3 cm³/mol. The molecule has 11 heavy (non-hydrogen) atoms. The highest BCUT2D eigenvalue weighted by Crippen LogP contribution is 2.18. The highest BCUT2D eigenvalue weighted by Gasteiger charge is 2.04. The Balaban J connectivity index is 3.09. The van der Waals surface area contributed by atoms with E-state index in [9.17, 15) is 0 Å². The minimum absolute atomic E-state index is 0.0974. The van der Waals surface area contributed by atoms with Crippen molar-refractivity contribution >= 4 is 17.4 Å². The molecule has 1 heterocycles. The first-order valence-electron chi connectivity index (χ1n) is 3.28. The molecule has 1 aromatic heterocycles. The fraction of sp³-hybridized carbons (Fsp3) is 0.286. The minimum atomic E-state index is -0.0974. The molecule has 0 saturated carbocycles. The maximum absolute atomic E-state index is 5.60. The number of rotatable bonds is 1. The van der Waals surface area contributed by atoms with Crippen LogP contribution in [-0.2, 0) is 0 Å². The van der Waals surface area contributed by atoms with Gasteiger partial charge in [0.15, 0.2) is 0 Å². The summed E-state index contributed by atoms with van der Waals surface area (Å²) in [6, 6.07) is 3.37. The number of hydrogen-bond donors (Lipinski definition) is 2. The van der Waals surface area contributed by atoms with E-state index in [-0.39, 0.29) is 6.04 Å². The first-order valence-corrected chi connectivity index (χ1v) is 3.66. The summed E-state index contributed by atoms with van der Waals surface area (Å²) in [5.74, 6) is 0.410. The van der Waals surface area contributed by atoms with Gasteiger partial charge < -0.3 is 11.5 Å². The molecule has 0 aliphatic rings. The van der Waals surface area contributed by atoms with Crippen molar-refractivity contribution in [3.05, 3.63) is 22.8 Å². The van der Waals surface area contributed by atoms with E-state index in [2.05, 4.69) is 4.98 Å². The lowest BCUT2D eigenvalue weighted by Gasteiger charge is -2.07. The lowest BCUT2D eigenvalue weighted by molar-refractivity contribution is 0.816. The zero-order valence-electron chi connectivity index (χ0n) is 6.21. The van der Waals surface area contributed by atoms with Crippen LogP contribution in [0.15, 0.2) is 12.1 Å². The SMILES string of the molecule is C[C@@H](N)c1ccc(Cl)nc1N. The second-order valence-corrected chi connectivity index (χ2v) is 2.78. The molecule has 0 aliphatic heterocycles. The third-order valence-electron chi connectivity index (χ3n) is 1.41. The molecule has 0 unspecified atom stereocenters. The van der Waals surface area contributed by atoms with E-state index in [1.54, 1.807) is 12.1 Å². The van der Waals surface area contributed by atoms with Crippen LogP contribution in [0, 0.1) is 0 Å². The smallest absolute Gasteiger partial charge is 0.131 e. The summed E-state index contributed by atoms with van der Waals surface area (Å²) < 4.78 is 0. The Morgan fingerprint density at radius 2 is 2.18 bits per heavy atom. The summed E-state index contributed by atoms with van der Waals surface area (Å²) >= 11 is 5.59. The van der Waals surface area contributed by atoms with Crippen molar-refractivity contribution in [2.45, 2.75) is 13.0 Å². The molecule has 0 fully saturated rings. The van der Waals surface area contributed by atoms with Crippen molar-refractivity contribution < 1.29 is 0 Å². The fourth-order valence-electron chi connectivity index (χ4n) is 0.846. The van der Waals surface area contributed by atoms with Crippen molar-refractivity contribution in [1.82, 2.24) is 4.98 Å². The van der Waals surface area contributed by atoms with Crippen LogP contribution in [-0.4, -0.2) is 4.98 Å². The zero-order chi connectivity index (χ0) is 8.43. The van der Waals surface area contributed by atoms with Crippen LogP contribution in [0.3, 0.4) is 0 Å². The number of nitrogens with zero attached hydrogens (tertiary/aromatic N) is 1. The van der Waals surface area contributed by atoms with Gasteiger partial charge in [-0.2, -0.15) is 0 Å². The number of nitrogens with two attached hydrogens (primary N) is 2. The van der Waals surface area contributed by atoms with Crippen LogP contribution < -0.4 is 11.5 Å². The minimum Gasteiger partial charge on any atom is -0.383 e. The topological polar surface area (TPSA) is 64.9 Å². The van der Waals surface area contributed by atoms with Crippen molar-refractivity contribution in [1.29, 1.82) is 0 Å². The molecule has 0 radical (unpaired) electrons. The largest absolute Gasteiger partial charge is 0.383 e. The van der Waals surface area contributed by atoms with Crippen molar-refractivity contribution in [3.8, 4) is 0 Å². The zero-order valence-corrected chi connectivity index (χ0v) is 6.97. The van der Waals surface area contributed by atoms with Crippen LogP contribution in [0.5, 0.6) is 0 Å². The summed E-state index contributed by atoms with van der Waals surface area (Å²) in [4.78, 5) is 3.86. The van der Waals surface area contributed by atoms with Gasteiger partial charge >= 0.3 is 0 Å². The summed E-state index contributed by atoms with van der Waals surface area (Å²) in [5.41, 5.74) is 12.0. The van der Waals surface area contributed by atoms with Crippen LogP contribution in [0.25, 0.3) is 0 Å². The molecule has 1 aromatic rings. The fourth-order valence-corrected chi connectivity index (χ4v) is 1.000. The lowest BCUT2D eigenvalue weighted by Crippen LogP contribution is -2.09. The standard InChI is InChI=1S/C7H10ClN3/c1-4(9)5-2-3-6(8)11-7(5)10/h2-4H,9H2,1H3,(H2,10,11)/t4-/m1/s1. The van der Waals surface area contributed by atoms with Crippen molar-refractivity contribution in [3.63, 3.8) is 0 Å². The quantitative estimate of drug-likeness (QED) is 0.627. The predicted octanol–water partition coefficient (Wildman–Crippen LogP) is 1.34. The first kappa shape index (κ1) is 8.30. The van der Waals surface area contributed by atoms with E-state index in [4.69, 9.17) is 23.1 Å². The number of nitrogen functional groups attached to an aromatic ring is 1. The van der Waals surface area contributed by atoms with Crippen LogP contribution >= 0.6 is 11.6 Å². The first-order chi connectivity index (χ1) is 5.11. The highest BCUT2D eigenvalue weighted by atomic mass is 35.5. The number of pyridine rings is 1.